The van der Waals surface area contributed by atoms with Crippen LogP contribution in [-0.4, -0.2) is 42.3 Å². The Morgan fingerprint density at radius 3 is 2.52 bits per heavy atom. The lowest BCUT2D eigenvalue weighted by Gasteiger charge is -2.24. The van der Waals surface area contributed by atoms with Crippen LogP contribution in [0.5, 0.6) is 0 Å². The van der Waals surface area contributed by atoms with Gasteiger partial charge < -0.3 is 4.90 Å². The number of amides is 1. The minimum absolute atomic E-state index is 0.0888. The summed E-state index contributed by atoms with van der Waals surface area (Å²) in [5, 5.41) is 1.12. The van der Waals surface area contributed by atoms with Gasteiger partial charge in [0.15, 0.2) is 15.0 Å². The molecule has 0 radical (unpaired) electrons. The first kappa shape index (κ1) is 18.7. The van der Waals surface area contributed by atoms with Crippen molar-refractivity contribution in [3.63, 3.8) is 0 Å². The molecule has 0 saturated carbocycles. The van der Waals surface area contributed by atoms with Crippen LogP contribution in [0.3, 0.4) is 0 Å². The number of benzene rings is 1. The number of hydrogen-bond donors (Lipinski definition) is 0. The fourth-order valence-electron chi connectivity index (χ4n) is 3.29. The van der Waals surface area contributed by atoms with Gasteiger partial charge in [-0.25, -0.2) is 8.42 Å². The van der Waals surface area contributed by atoms with Gasteiger partial charge in [0.05, 0.1) is 17.5 Å². The molecule has 1 amide bonds. The molecule has 2 aliphatic rings. The fraction of sp³-hybridized carbons (Fsp3) is 0.529. The van der Waals surface area contributed by atoms with Gasteiger partial charge in [0, 0.05) is 21.9 Å². The number of carbonyl (C=O) groups is 1. The van der Waals surface area contributed by atoms with E-state index >= 15 is 0 Å². The lowest BCUT2D eigenvalue weighted by Crippen LogP contribution is -2.37. The quantitative estimate of drug-likeness (QED) is 0.775. The lowest BCUT2D eigenvalue weighted by atomic mass is 10.0. The molecule has 3 rings (SSSR count). The zero-order chi connectivity index (χ0) is 18.2. The number of nitrogens with zero attached hydrogens (tertiary/aromatic N) is 2. The topological polar surface area (TPSA) is 66.8 Å². The first-order valence-electron chi connectivity index (χ1n) is 8.39. The number of rotatable bonds is 4. The maximum absolute atomic E-state index is 12.5. The molecule has 1 aromatic carbocycles. The van der Waals surface area contributed by atoms with Crippen LogP contribution < -0.4 is 4.90 Å². The van der Waals surface area contributed by atoms with Crippen molar-refractivity contribution < 1.29 is 13.2 Å². The summed E-state index contributed by atoms with van der Waals surface area (Å²) in [6.07, 6.45) is 1.50. The molecule has 25 heavy (non-hydrogen) atoms. The van der Waals surface area contributed by atoms with Gasteiger partial charge in [0.1, 0.15) is 0 Å². The average molecular weight is 401 g/mol. The van der Waals surface area contributed by atoms with Crippen molar-refractivity contribution in [3.05, 3.63) is 29.3 Å². The number of carbonyl (C=O) groups excluding carboxylic acids is 1. The van der Waals surface area contributed by atoms with Crippen molar-refractivity contribution in [1.82, 2.24) is 0 Å². The maximum atomic E-state index is 12.5. The molecule has 0 spiro atoms. The molecule has 8 heteroatoms. The third-order valence-electron chi connectivity index (χ3n) is 4.71. The van der Waals surface area contributed by atoms with Crippen molar-refractivity contribution in [2.45, 2.75) is 38.0 Å². The largest absolute Gasteiger partial charge is 0.316 e. The van der Waals surface area contributed by atoms with Gasteiger partial charge in [-0.1, -0.05) is 37.2 Å². The number of sulfone groups is 1. The van der Waals surface area contributed by atoms with Crippen LogP contribution >= 0.6 is 23.4 Å². The van der Waals surface area contributed by atoms with Crippen LogP contribution in [0.15, 0.2) is 29.3 Å². The number of hydrogen-bond acceptors (Lipinski definition) is 4. The van der Waals surface area contributed by atoms with E-state index in [9.17, 15) is 13.2 Å². The molecule has 0 aliphatic carbocycles. The molecule has 2 fully saturated rings. The standard InChI is InChI=1S/C17H21ClN2O3S2/c1-3-11(4-2)16(21)19-17-20(13-7-5-12(18)6-8-13)14-9-25(22,23)10-15(14)24-17/h5-8,11,14-15H,3-4,9-10H2,1-2H3/t14-,15+/m0/s1. The van der Waals surface area contributed by atoms with Crippen LogP contribution in [0.2, 0.25) is 5.02 Å². The Bertz CT molecular complexity index is 789. The second-order valence-electron chi connectivity index (χ2n) is 6.39. The lowest BCUT2D eigenvalue weighted by molar-refractivity contribution is -0.121. The molecule has 2 heterocycles. The zero-order valence-corrected chi connectivity index (χ0v) is 16.6. The number of thioether (sulfide) groups is 1. The zero-order valence-electron chi connectivity index (χ0n) is 14.2. The van der Waals surface area contributed by atoms with Crippen molar-refractivity contribution in [1.29, 1.82) is 0 Å². The first-order valence-corrected chi connectivity index (χ1v) is 11.5. The van der Waals surface area contributed by atoms with Crippen molar-refractivity contribution in [2.75, 3.05) is 16.4 Å². The molecule has 2 saturated heterocycles. The highest BCUT2D eigenvalue weighted by Crippen LogP contribution is 2.41. The third kappa shape index (κ3) is 3.88. The van der Waals surface area contributed by atoms with E-state index in [1.54, 1.807) is 12.1 Å². The minimum atomic E-state index is -3.06. The van der Waals surface area contributed by atoms with Gasteiger partial charge in [-0.3, -0.25) is 4.79 Å². The van der Waals surface area contributed by atoms with Crippen molar-refractivity contribution in [3.8, 4) is 0 Å². The van der Waals surface area contributed by atoms with Crippen molar-refractivity contribution >= 4 is 50.0 Å². The molecule has 2 atom stereocenters. The molecule has 5 nitrogen and oxygen atoms in total. The normalized spacial score (nSPS) is 26.4. The SMILES string of the molecule is CCC(CC)C(=O)N=C1S[C@@H]2CS(=O)(=O)C[C@@H]2N1c1ccc(Cl)cc1. The average Bonchev–Trinajstić information content (AvgIpc) is 3.00. The highest BCUT2D eigenvalue weighted by molar-refractivity contribution is 8.16. The Kier molecular flexibility index (Phi) is 5.46. The molecule has 136 valence electrons. The van der Waals surface area contributed by atoms with Gasteiger partial charge in [-0.05, 0) is 37.1 Å². The van der Waals surface area contributed by atoms with E-state index in [1.165, 1.54) is 11.8 Å². The number of amidine groups is 1. The minimum Gasteiger partial charge on any atom is -0.316 e. The molecular weight excluding hydrogens is 380 g/mol. The predicted octanol–water partition coefficient (Wildman–Crippen LogP) is 3.38. The Morgan fingerprint density at radius 2 is 1.92 bits per heavy atom. The highest BCUT2D eigenvalue weighted by Gasteiger charge is 2.49. The molecule has 0 unspecified atom stereocenters. The third-order valence-corrected chi connectivity index (χ3v) is 8.17. The Hall–Kier alpha value is -1.05. The Balaban J connectivity index is 1.97. The summed E-state index contributed by atoms with van der Waals surface area (Å²) in [4.78, 5) is 18.7. The molecule has 1 aromatic rings. The van der Waals surface area contributed by atoms with Crippen LogP contribution in [0.25, 0.3) is 0 Å². The van der Waals surface area contributed by atoms with E-state index in [0.29, 0.717) is 10.2 Å². The van der Waals surface area contributed by atoms with E-state index in [0.717, 1.165) is 18.5 Å². The maximum Gasteiger partial charge on any atom is 0.251 e. The second-order valence-corrected chi connectivity index (χ2v) is 10.2. The van der Waals surface area contributed by atoms with Crippen LogP contribution in [0.1, 0.15) is 26.7 Å². The van der Waals surface area contributed by atoms with E-state index in [2.05, 4.69) is 4.99 Å². The van der Waals surface area contributed by atoms with Gasteiger partial charge >= 0.3 is 0 Å². The summed E-state index contributed by atoms with van der Waals surface area (Å²) < 4.78 is 24.1. The molecule has 0 aromatic heterocycles. The molecule has 0 bridgehead atoms. The summed E-state index contributed by atoms with van der Waals surface area (Å²) in [5.74, 6) is -0.00513. The van der Waals surface area contributed by atoms with E-state index in [1.807, 2.05) is 30.9 Å². The first-order chi connectivity index (χ1) is 11.8. The van der Waals surface area contributed by atoms with Crippen molar-refractivity contribution in [2.24, 2.45) is 10.9 Å². The monoisotopic (exact) mass is 400 g/mol. The van der Waals surface area contributed by atoms with Crippen LogP contribution in [0.4, 0.5) is 5.69 Å². The predicted molar refractivity (Wildman–Crippen MR) is 104 cm³/mol. The van der Waals surface area contributed by atoms with Crippen LogP contribution in [-0.2, 0) is 14.6 Å². The van der Waals surface area contributed by atoms with Gasteiger partial charge in [0.25, 0.3) is 5.91 Å². The molecule has 0 N–H and O–H groups in total. The Labute approximate surface area is 157 Å². The fourth-order valence-corrected chi connectivity index (χ4v) is 7.34. The molecular formula is C17H21ClN2O3S2. The van der Waals surface area contributed by atoms with Crippen LogP contribution in [0, 0.1) is 5.92 Å². The van der Waals surface area contributed by atoms with E-state index < -0.39 is 9.84 Å². The number of fused-ring (bicyclic) bond motifs is 1. The van der Waals surface area contributed by atoms with Gasteiger partial charge in [-0.2, -0.15) is 4.99 Å². The van der Waals surface area contributed by atoms with E-state index in [4.69, 9.17) is 11.6 Å². The van der Waals surface area contributed by atoms with Gasteiger partial charge in [-0.15, -0.1) is 0 Å². The smallest absolute Gasteiger partial charge is 0.251 e. The number of anilines is 1. The highest BCUT2D eigenvalue weighted by atomic mass is 35.5. The summed E-state index contributed by atoms with van der Waals surface area (Å²) in [6.45, 7) is 3.96. The number of aliphatic imine (C=N–C) groups is 1. The summed E-state index contributed by atoms with van der Waals surface area (Å²) in [7, 11) is -3.06. The summed E-state index contributed by atoms with van der Waals surface area (Å²) in [5.41, 5.74) is 0.817. The Morgan fingerprint density at radius 1 is 1.28 bits per heavy atom. The number of halogens is 1. The van der Waals surface area contributed by atoms with E-state index in [-0.39, 0.29) is 34.6 Å². The molecule has 2 aliphatic heterocycles. The summed E-state index contributed by atoms with van der Waals surface area (Å²) in [6, 6.07) is 7.02. The second kappa shape index (κ2) is 7.29. The summed E-state index contributed by atoms with van der Waals surface area (Å²) >= 11 is 7.37. The van der Waals surface area contributed by atoms with Gasteiger partial charge in [0.2, 0.25) is 0 Å².